The predicted octanol–water partition coefficient (Wildman–Crippen LogP) is 3.38. The van der Waals surface area contributed by atoms with Crippen LogP contribution in [-0.2, 0) is 0 Å². The van der Waals surface area contributed by atoms with E-state index in [9.17, 15) is 9.18 Å². The Bertz CT molecular complexity index is 456. The molecule has 3 nitrogen and oxygen atoms in total. The van der Waals surface area contributed by atoms with Crippen LogP contribution in [0.5, 0.6) is 0 Å². The largest absolute Gasteiger partial charge is 0.322 e. The highest BCUT2D eigenvalue weighted by Gasteiger charge is 2.22. The van der Waals surface area contributed by atoms with Crippen LogP contribution in [0.2, 0.25) is 0 Å². The zero-order valence-corrected chi connectivity index (χ0v) is 11.1. The smallest absolute Gasteiger partial charge is 0.321 e. The minimum Gasteiger partial charge on any atom is -0.322 e. The van der Waals surface area contributed by atoms with Crippen LogP contribution in [0.15, 0.2) is 30.5 Å². The van der Waals surface area contributed by atoms with Crippen LogP contribution < -0.4 is 5.32 Å². The first-order chi connectivity index (χ1) is 9.16. The topological polar surface area (TPSA) is 32.3 Å². The Hall–Kier alpha value is -1.84. The highest BCUT2D eigenvalue weighted by Crippen LogP contribution is 2.16. The molecule has 19 heavy (non-hydrogen) atoms. The summed E-state index contributed by atoms with van der Waals surface area (Å²) in [6.07, 6.45) is 6.69. The number of rotatable bonds is 2. The monoisotopic (exact) mass is 262 g/mol. The molecule has 1 unspecified atom stereocenters. The molecule has 4 heteroatoms. The lowest BCUT2D eigenvalue weighted by Crippen LogP contribution is -2.46. The van der Waals surface area contributed by atoms with Crippen molar-refractivity contribution in [2.75, 3.05) is 6.54 Å². The van der Waals surface area contributed by atoms with E-state index in [1.807, 2.05) is 4.90 Å². The SMILES string of the molecule is CC1CCCCN1C(=O)N/C=C/c1ccc(F)cc1. The minimum atomic E-state index is -0.261. The fraction of sp³-hybridized carbons (Fsp3) is 0.400. The van der Waals surface area contributed by atoms with Crippen LogP contribution in [0.4, 0.5) is 9.18 Å². The average molecular weight is 262 g/mol. The number of hydrogen-bond donors (Lipinski definition) is 1. The van der Waals surface area contributed by atoms with Gasteiger partial charge in [-0.1, -0.05) is 12.1 Å². The van der Waals surface area contributed by atoms with Crippen molar-refractivity contribution < 1.29 is 9.18 Å². The maximum absolute atomic E-state index is 12.7. The van der Waals surface area contributed by atoms with Crippen molar-refractivity contribution >= 4 is 12.1 Å². The fourth-order valence-corrected chi connectivity index (χ4v) is 2.27. The van der Waals surface area contributed by atoms with E-state index in [2.05, 4.69) is 12.2 Å². The van der Waals surface area contributed by atoms with Crippen LogP contribution in [0.1, 0.15) is 31.7 Å². The molecule has 1 aliphatic rings. The van der Waals surface area contributed by atoms with Crippen LogP contribution in [0, 0.1) is 5.82 Å². The quantitative estimate of drug-likeness (QED) is 0.870. The molecule has 1 heterocycles. The van der Waals surface area contributed by atoms with E-state index in [1.54, 1.807) is 24.4 Å². The van der Waals surface area contributed by atoms with Gasteiger partial charge in [-0.25, -0.2) is 9.18 Å². The van der Waals surface area contributed by atoms with Gasteiger partial charge in [0.15, 0.2) is 0 Å². The normalized spacial score (nSPS) is 19.7. The number of hydrogen-bond acceptors (Lipinski definition) is 1. The highest BCUT2D eigenvalue weighted by molar-refractivity contribution is 5.76. The first-order valence-electron chi connectivity index (χ1n) is 6.66. The Labute approximate surface area is 113 Å². The van der Waals surface area contributed by atoms with Crippen LogP contribution in [0.25, 0.3) is 6.08 Å². The Kier molecular flexibility index (Phi) is 4.55. The molecule has 0 radical (unpaired) electrons. The molecular weight excluding hydrogens is 243 g/mol. The summed E-state index contributed by atoms with van der Waals surface area (Å²) in [4.78, 5) is 13.8. The van der Waals surface area contributed by atoms with Gasteiger partial charge in [0.25, 0.3) is 0 Å². The van der Waals surface area contributed by atoms with E-state index in [-0.39, 0.29) is 11.8 Å². The van der Waals surface area contributed by atoms with Gasteiger partial charge >= 0.3 is 6.03 Å². The lowest BCUT2D eigenvalue weighted by molar-refractivity contribution is 0.161. The molecule has 0 aromatic heterocycles. The molecule has 1 saturated heterocycles. The maximum atomic E-state index is 12.7. The fourth-order valence-electron chi connectivity index (χ4n) is 2.27. The number of amides is 2. The zero-order valence-electron chi connectivity index (χ0n) is 11.1. The van der Waals surface area contributed by atoms with E-state index in [4.69, 9.17) is 0 Å². The summed E-state index contributed by atoms with van der Waals surface area (Å²) in [5.74, 6) is -0.261. The number of likely N-dealkylation sites (tertiary alicyclic amines) is 1. The Morgan fingerprint density at radius 3 is 2.79 bits per heavy atom. The van der Waals surface area contributed by atoms with Crippen molar-refractivity contribution in [3.63, 3.8) is 0 Å². The Morgan fingerprint density at radius 2 is 2.11 bits per heavy atom. The van der Waals surface area contributed by atoms with Crippen molar-refractivity contribution in [1.29, 1.82) is 0 Å². The van der Waals surface area contributed by atoms with Gasteiger partial charge in [-0.3, -0.25) is 0 Å². The number of halogens is 1. The molecule has 0 aliphatic carbocycles. The third kappa shape index (κ3) is 3.81. The van der Waals surface area contributed by atoms with Crippen molar-refractivity contribution in [3.8, 4) is 0 Å². The summed E-state index contributed by atoms with van der Waals surface area (Å²) < 4.78 is 12.7. The van der Waals surface area contributed by atoms with Crippen molar-refractivity contribution in [2.45, 2.75) is 32.2 Å². The maximum Gasteiger partial charge on any atom is 0.321 e. The lowest BCUT2D eigenvalue weighted by atomic mass is 10.0. The number of benzene rings is 1. The number of nitrogens with zero attached hydrogens (tertiary/aromatic N) is 1. The molecular formula is C15H19FN2O. The van der Waals surface area contributed by atoms with Crippen molar-refractivity contribution in [3.05, 3.63) is 41.8 Å². The van der Waals surface area contributed by atoms with Gasteiger partial charge in [-0.05, 0) is 50.0 Å². The second-order valence-corrected chi connectivity index (χ2v) is 4.87. The number of carbonyl (C=O) groups excluding carboxylic acids is 1. The van der Waals surface area contributed by atoms with Crippen LogP contribution in [-0.4, -0.2) is 23.5 Å². The molecule has 0 saturated carbocycles. The summed E-state index contributed by atoms with van der Waals surface area (Å²) >= 11 is 0. The Morgan fingerprint density at radius 1 is 1.37 bits per heavy atom. The third-order valence-electron chi connectivity index (χ3n) is 3.42. The number of urea groups is 1. The van der Waals surface area contributed by atoms with Crippen molar-refractivity contribution in [2.24, 2.45) is 0 Å². The van der Waals surface area contributed by atoms with E-state index >= 15 is 0 Å². The molecule has 1 aromatic rings. The summed E-state index contributed by atoms with van der Waals surface area (Å²) in [7, 11) is 0. The van der Waals surface area contributed by atoms with Crippen LogP contribution in [0.3, 0.4) is 0 Å². The number of nitrogens with one attached hydrogen (secondary N) is 1. The first kappa shape index (κ1) is 13.6. The van der Waals surface area contributed by atoms with E-state index < -0.39 is 0 Å². The molecule has 1 aromatic carbocycles. The molecule has 102 valence electrons. The summed E-state index contributed by atoms with van der Waals surface area (Å²) in [5.41, 5.74) is 0.855. The average Bonchev–Trinajstić information content (AvgIpc) is 2.41. The summed E-state index contributed by atoms with van der Waals surface area (Å²) in [6.45, 7) is 2.89. The zero-order chi connectivity index (χ0) is 13.7. The van der Waals surface area contributed by atoms with Gasteiger partial charge < -0.3 is 10.2 Å². The van der Waals surface area contributed by atoms with E-state index in [1.165, 1.54) is 18.6 Å². The molecule has 0 spiro atoms. The van der Waals surface area contributed by atoms with Gasteiger partial charge in [0, 0.05) is 18.8 Å². The summed E-state index contributed by atoms with van der Waals surface area (Å²) in [5, 5.41) is 2.76. The predicted molar refractivity (Wildman–Crippen MR) is 74.0 cm³/mol. The minimum absolute atomic E-state index is 0.0643. The van der Waals surface area contributed by atoms with Crippen LogP contribution >= 0.6 is 0 Å². The number of piperidine rings is 1. The molecule has 1 fully saturated rings. The number of carbonyl (C=O) groups is 1. The van der Waals surface area contributed by atoms with E-state index in [0.717, 1.165) is 24.9 Å². The second kappa shape index (κ2) is 6.36. The van der Waals surface area contributed by atoms with Gasteiger partial charge in [0.05, 0.1) is 0 Å². The van der Waals surface area contributed by atoms with Gasteiger partial charge in [-0.15, -0.1) is 0 Å². The second-order valence-electron chi connectivity index (χ2n) is 4.87. The first-order valence-corrected chi connectivity index (χ1v) is 6.66. The van der Waals surface area contributed by atoms with Gasteiger partial charge in [0.2, 0.25) is 0 Å². The standard InChI is InChI=1S/C15H19FN2O/c1-12-4-2-3-11-18(12)15(19)17-10-9-13-5-7-14(16)8-6-13/h5-10,12H,2-4,11H2,1H3,(H,17,19)/b10-9+. The molecule has 0 bridgehead atoms. The third-order valence-corrected chi connectivity index (χ3v) is 3.42. The highest BCUT2D eigenvalue weighted by atomic mass is 19.1. The van der Waals surface area contributed by atoms with Crippen molar-refractivity contribution in [1.82, 2.24) is 10.2 Å². The lowest BCUT2D eigenvalue weighted by Gasteiger charge is -2.32. The Balaban J connectivity index is 1.87. The molecule has 1 aliphatic heterocycles. The molecule has 1 atom stereocenters. The van der Waals surface area contributed by atoms with E-state index in [0.29, 0.717) is 6.04 Å². The molecule has 2 rings (SSSR count). The molecule has 1 N–H and O–H groups in total. The van der Waals surface area contributed by atoms with Gasteiger partial charge in [-0.2, -0.15) is 0 Å². The molecule has 2 amide bonds. The van der Waals surface area contributed by atoms with Gasteiger partial charge in [0.1, 0.15) is 5.82 Å². The summed E-state index contributed by atoms with van der Waals surface area (Å²) in [6, 6.07) is 6.37.